The molecule has 0 unspecified atom stereocenters. The summed E-state index contributed by atoms with van der Waals surface area (Å²) < 4.78 is 1.75. The Hall–Kier alpha value is -3.96. The van der Waals surface area contributed by atoms with E-state index in [-0.39, 0.29) is 18.0 Å². The van der Waals surface area contributed by atoms with Crippen molar-refractivity contribution < 1.29 is 9.90 Å². The van der Waals surface area contributed by atoms with Crippen LogP contribution in [0.4, 0.5) is 4.79 Å². The van der Waals surface area contributed by atoms with Crippen molar-refractivity contribution >= 4 is 28.2 Å². The zero-order chi connectivity index (χ0) is 27.8. The number of fused-ring (bicyclic) bond motifs is 1. The highest BCUT2D eigenvalue weighted by Crippen LogP contribution is 2.36. The third-order valence-electron chi connectivity index (χ3n) is 6.48. The molecule has 8 heteroatoms. The molecule has 1 amide bonds. The number of aryl methyl sites for hydroxylation is 1. The summed E-state index contributed by atoms with van der Waals surface area (Å²) in [5.41, 5.74) is 3.03. The molecule has 7 nitrogen and oxygen atoms in total. The molecule has 2 aromatic heterocycles. The molecule has 0 aliphatic rings. The van der Waals surface area contributed by atoms with Gasteiger partial charge in [-0.3, -0.25) is 9.69 Å². The van der Waals surface area contributed by atoms with Crippen LogP contribution in [0.1, 0.15) is 50.9 Å². The van der Waals surface area contributed by atoms with Crippen LogP contribution in [0.5, 0.6) is 0 Å². The Balaban J connectivity index is 2.12. The van der Waals surface area contributed by atoms with E-state index < -0.39 is 11.6 Å². The van der Waals surface area contributed by atoms with E-state index in [4.69, 9.17) is 0 Å². The number of amides is 1. The quantitative estimate of drug-likeness (QED) is 0.293. The van der Waals surface area contributed by atoms with Crippen LogP contribution in [-0.4, -0.2) is 31.2 Å². The fourth-order valence-electron chi connectivity index (χ4n) is 4.64. The Bertz CT molecular complexity index is 1610. The van der Waals surface area contributed by atoms with Crippen LogP contribution in [0, 0.1) is 24.2 Å². The molecule has 0 atom stereocenters. The topological polar surface area (TPSA) is 99.2 Å². The van der Waals surface area contributed by atoms with Gasteiger partial charge in [-0.15, -0.1) is 11.3 Å². The minimum absolute atomic E-state index is 0.0557. The number of pyridine rings is 1. The summed E-state index contributed by atoms with van der Waals surface area (Å²) in [6, 6.07) is 17.6. The van der Waals surface area contributed by atoms with Gasteiger partial charge in [0.15, 0.2) is 0 Å². The van der Waals surface area contributed by atoms with Crippen molar-refractivity contribution in [2.75, 3.05) is 0 Å². The molecule has 4 aromatic rings. The zero-order valence-corrected chi connectivity index (χ0v) is 23.4. The molecule has 2 heterocycles. The van der Waals surface area contributed by atoms with E-state index >= 15 is 0 Å². The molecular formula is C30H32N4O3S. The lowest BCUT2D eigenvalue weighted by molar-refractivity contribution is 0.0937. The zero-order valence-electron chi connectivity index (χ0n) is 22.6. The second kappa shape index (κ2) is 10.4. The van der Waals surface area contributed by atoms with Gasteiger partial charge >= 0.3 is 6.09 Å². The summed E-state index contributed by atoms with van der Waals surface area (Å²) in [4.78, 5) is 32.9. The van der Waals surface area contributed by atoms with Crippen molar-refractivity contribution in [3.63, 3.8) is 0 Å². The lowest BCUT2D eigenvalue weighted by atomic mass is 9.94. The highest BCUT2D eigenvalue weighted by Gasteiger charge is 2.30. The van der Waals surface area contributed by atoms with Crippen LogP contribution < -0.4 is 5.56 Å². The summed E-state index contributed by atoms with van der Waals surface area (Å²) in [5.74, 6) is 0.169. The number of carbonyl (C=O) groups is 1. The largest absolute Gasteiger partial charge is 0.465 e. The van der Waals surface area contributed by atoms with Crippen molar-refractivity contribution in [1.29, 1.82) is 5.26 Å². The first kappa shape index (κ1) is 27.1. The van der Waals surface area contributed by atoms with Crippen molar-refractivity contribution in [3.8, 4) is 27.8 Å². The van der Waals surface area contributed by atoms with Gasteiger partial charge < -0.3 is 9.67 Å². The Kier molecular flexibility index (Phi) is 7.43. The van der Waals surface area contributed by atoms with E-state index in [1.54, 1.807) is 4.57 Å². The number of hydrogen-bond acceptors (Lipinski definition) is 5. The van der Waals surface area contributed by atoms with Gasteiger partial charge in [0, 0.05) is 34.3 Å². The molecule has 0 radical (unpaired) electrons. The number of rotatable bonds is 6. The van der Waals surface area contributed by atoms with Crippen LogP contribution in [0.15, 0.2) is 53.3 Å². The third-order valence-corrected chi connectivity index (χ3v) is 7.59. The maximum atomic E-state index is 14.0. The molecule has 2 aromatic carbocycles. The Labute approximate surface area is 226 Å². The van der Waals surface area contributed by atoms with Crippen molar-refractivity contribution in [3.05, 3.63) is 75.1 Å². The number of carboxylic acid groups (broad SMARTS) is 1. The number of aromatic nitrogens is 2. The minimum atomic E-state index is -1.05. The molecule has 0 bridgehead atoms. The molecule has 0 aliphatic heterocycles. The van der Waals surface area contributed by atoms with Gasteiger partial charge in [0.05, 0.1) is 12.2 Å². The van der Waals surface area contributed by atoms with Gasteiger partial charge in [-0.1, -0.05) is 50.2 Å². The number of thiazole rings is 1. The average molecular weight is 529 g/mol. The molecular weight excluding hydrogens is 496 g/mol. The van der Waals surface area contributed by atoms with Gasteiger partial charge in [0.25, 0.3) is 5.56 Å². The second-order valence-corrected chi connectivity index (χ2v) is 11.8. The predicted molar refractivity (Wildman–Crippen MR) is 152 cm³/mol. The number of nitriles is 1. The summed E-state index contributed by atoms with van der Waals surface area (Å²) in [5, 5.41) is 21.6. The molecule has 0 spiro atoms. The maximum Gasteiger partial charge on any atom is 0.408 e. The van der Waals surface area contributed by atoms with Crippen molar-refractivity contribution in [1.82, 2.24) is 14.5 Å². The standard InChI is InChI=1S/C30H32N4O3S/c1-18(2)16-33-24(17-34(29(36)37)30(4,5)6)26(20-10-8-7-9-11-20)23-14-21(12-13-22(23)28(33)35)27-32-19(3)25(15-31)38-27/h7-14,18H,16-17H2,1-6H3,(H,36,37). The van der Waals surface area contributed by atoms with E-state index in [0.29, 0.717) is 33.2 Å². The lowest BCUT2D eigenvalue weighted by Crippen LogP contribution is -2.45. The molecule has 0 fully saturated rings. The van der Waals surface area contributed by atoms with E-state index in [1.807, 2.05) is 90.1 Å². The van der Waals surface area contributed by atoms with Gasteiger partial charge in [-0.25, -0.2) is 9.78 Å². The first-order valence-corrected chi connectivity index (χ1v) is 13.4. The van der Waals surface area contributed by atoms with E-state index in [2.05, 4.69) is 11.1 Å². The molecule has 196 valence electrons. The molecule has 1 N–H and O–H groups in total. The number of benzene rings is 2. The Morgan fingerprint density at radius 2 is 1.82 bits per heavy atom. The van der Waals surface area contributed by atoms with E-state index in [9.17, 15) is 20.0 Å². The molecule has 38 heavy (non-hydrogen) atoms. The van der Waals surface area contributed by atoms with Crippen LogP contribution in [0.25, 0.3) is 32.5 Å². The van der Waals surface area contributed by atoms with Crippen LogP contribution >= 0.6 is 11.3 Å². The molecule has 0 aliphatic carbocycles. The summed E-state index contributed by atoms with van der Waals surface area (Å²) >= 11 is 1.32. The fourth-order valence-corrected chi connectivity index (χ4v) is 5.50. The van der Waals surface area contributed by atoms with Crippen molar-refractivity contribution in [2.45, 2.75) is 60.2 Å². The molecule has 0 saturated heterocycles. The Morgan fingerprint density at radius 1 is 1.13 bits per heavy atom. The fraction of sp³-hybridized carbons (Fsp3) is 0.333. The highest BCUT2D eigenvalue weighted by atomic mass is 32.1. The average Bonchev–Trinajstić information content (AvgIpc) is 3.24. The van der Waals surface area contributed by atoms with Gasteiger partial charge in [0.2, 0.25) is 0 Å². The summed E-state index contributed by atoms with van der Waals surface area (Å²) in [6.07, 6.45) is -1.05. The summed E-state index contributed by atoms with van der Waals surface area (Å²) in [7, 11) is 0. The predicted octanol–water partition coefficient (Wildman–Crippen LogP) is 6.91. The van der Waals surface area contributed by atoms with Crippen LogP contribution in [0.3, 0.4) is 0 Å². The van der Waals surface area contributed by atoms with Crippen LogP contribution in [-0.2, 0) is 13.1 Å². The second-order valence-electron chi connectivity index (χ2n) is 10.8. The smallest absolute Gasteiger partial charge is 0.408 e. The minimum Gasteiger partial charge on any atom is -0.465 e. The SMILES string of the molecule is Cc1nc(-c2ccc3c(=O)n(CC(C)C)c(CN(C(=O)O)C(C)(C)C)c(-c4ccccc4)c3c2)sc1C#N. The molecule has 0 saturated carbocycles. The maximum absolute atomic E-state index is 14.0. The van der Waals surface area contributed by atoms with E-state index in [0.717, 1.165) is 22.1 Å². The molecule has 4 rings (SSSR count). The lowest BCUT2D eigenvalue weighted by Gasteiger charge is -2.35. The normalized spacial score (nSPS) is 11.6. The number of nitrogens with zero attached hydrogens (tertiary/aromatic N) is 4. The summed E-state index contributed by atoms with van der Waals surface area (Å²) in [6.45, 7) is 12.0. The van der Waals surface area contributed by atoms with Gasteiger partial charge in [-0.2, -0.15) is 5.26 Å². The van der Waals surface area contributed by atoms with Gasteiger partial charge in [0.1, 0.15) is 16.0 Å². The first-order chi connectivity index (χ1) is 17.9. The monoisotopic (exact) mass is 528 g/mol. The van der Waals surface area contributed by atoms with Crippen LogP contribution in [0.2, 0.25) is 0 Å². The van der Waals surface area contributed by atoms with E-state index in [1.165, 1.54) is 16.2 Å². The number of hydrogen-bond donors (Lipinski definition) is 1. The third kappa shape index (κ3) is 5.20. The first-order valence-electron chi connectivity index (χ1n) is 12.6. The van der Waals surface area contributed by atoms with Crippen molar-refractivity contribution in [2.24, 2.45) is 5.92 Å². The Morgan fingerprint density at radius 3 is 2.37 bits per heavy atom. The van der Waals surface area contributed by atoms with Gasteiger partial charge in [-0.05, 0) is 56.7 Å². The highest BCUT2D eigenvalue weighted by molar-refractivity contribution is 7.15.